The topological polar surface area (TPSA) is 152 Å². The molecule has 0 saturated heterocycles. The average Bonchev–Trinajstić information content (AvgIpc) is 2.87. The SMILES string of the molecule is CCn1nc(-c2cccc(-c3ccc(O)c(C(N)=O)c3)c2)cc(NC(=O)Nc2ncc(Cl)cc2Cl)c1=O. The van der Waals surface area contributed by atoms with Gasteiger partial charge < -0.3 is 16.2 Å². The second-order valence-corrected chi connectivity index (χ2v) is 8.65. The number of benzene rings is 2. The molecule has 0 aliphatic heterocycles. The van der Waals surface area contributed by atoms with Crippen LogP contribution >= 0.6 is 23.2 Å². The molecule has 0 atom stereocenters. The highest BCUT2D eigenvalue weighted by molar-refractivity contribution is 6.36. The van der Waals surface area contributed by atoms with Crippen LogP contribution in [-0.4, -0.2) is 31.8 Å². The largest absolute Gasteiger partial charge is 0.507 e. The molecule has 12 heteroatoms. The predicted molar refractivity (Wildman–Crippen MR) is 142 cm³/mol. The molecule has 4 aromatic rings. The van der Waals surface area contributed by atoms with Gasteiger partial charge in [0.2, 0.25) is 0 Å². The van der Waals surface area contributed by atoms with E-state index in [1.165, 1.54) is 35.1 Å². The summed E-state index contributed by atoms with van der Waals surface area (Å²) in [5, 5.41) is 19.7. The maximum absolute atomic E-state index is 12.8. The van der Waals surface area contributed by atoms with Crippen LogP contribution < -0.4 is 21.9 Å². The summed E-state index contributed by atoms with van der Waals surface area (Å²) < 4.78 is 1.22. The molecule has 0 spiro atoms. The number of carbonyl (C=O) groups excluding carboxylic acids is 2. The Kier molecular flexibility index (Phi) is 7.42. The van der Waals surface area contributed by atoms with Crippen molar-refractivity contribution in [2.75, 3.05) is 10.6 Å². The van der Waals surface area contributed by atoms with Gasteiger partial charge in [-0.1, -0.05) is 47.5 Å². The number of amides is 3. The first kappa shape index (κ1) is 25.7. The van der Waals surface area contributed by atoms with Crippen LogP contribution in [0.1, 0.15) is 17.3 Å². The highest BCUT2D eigenvalue weighted by Crippen LogP contribution is 2.29. The number of halogens is 2. The predicted octanol–water partition coefficient (Wildman–Crippen LogP) is 4.75. The lowest BCUT2D eigenvalue weighted by molar-refractivity contribution is 0.0997. The molecule has 3 amide bonds. The second-order valence-electron chi connectivity index (χ2n) is 7.80. The van der Waals surface area contributed by atoms with E-state index < -0.39 is 17.5 Å². The van der Waals surface area contributed by atoms with Gasteiger partial charge in [0.1, 0.15) is 11.4 Å². The molecule has 0 unspecified atom stereocenters. The number of hydrogen-bond donors (Lipinski definition) is 4. The van der Waals surface area contributed by atoms with Gasteiger partial charge in [0, 0.05) is 18.3 Å². The normalized spacial score (nSPS) is 10.7. The average molecular weight is 539 g/mol. The summed E-state index contributed by atoms with van der Waals surface area (Å²) in [4.78, 5) is 41.0. The van der Waals surface area contributed by atoms with E-state index in [9.17, 15) is 19.5 Å². The van der Waals surface area contributed by atoms with E-state index in [-0.39, 0.29) is 34.4 Å². The Morgan fingerprint density at radius 2 is 1.76 bits per heavy atom. The third kappa shape index (κ3) is 5.71. The van der Waals surface area contributed by atoms with Crippen LogP contribution in [0.25, 0.3) is 22.4 Å². The Morgan fingerprint density at radius 3 is 2.46 bits per heavy atom. The first-order chi connectivity index (χ1) is 17.7. The van der Waals surface area contributed by atoms with Crippen LogP contribution in [0.2, 0.25) is 10.0 Å². The fraction of sp³-hybridized carbons (Fsp3) is 0.0800. The zero-order valence-electron chi connectivity index (χ0n) is 19.3. The summed E-state index contributed by atoms with van der Waals surface area (Å²) in [5.41, 5.74) is 7.23. The summed E-state index contributed by atoms with van der Waals surface area (Å²) in [6, 6.07) is 13.8. The quantitative estimate of drug-likeness (QED) is 0.278. The Hall–Kier alpha value is -4.41. The van der Waals surface area contributed by atoms with E-state index >= 15 is 0 Å². The Labute approximate surface area is 220 Å². The Morgan fingerprint density at radius 1 is 1.03 bits per heavy atom. The van der Waals surface area contributed by atoms with E-state index in [4.69, 9.17) is 28.9 Å². The van der Waals surface area contributed by atoms with Gasteiger partial charge in [-0.3, -0.25) is 14.9 Å². The molecule has 188 valence electrons. The maximum atomic E-state index is 12.8. The van der Waals surface area contributed by atoms with Crippen molar-refractivity contribution < 1.29 is 14.7 Å². The van der Waals surface area contributed by atoms with Crippen molar-refractivity contribution in [2.24, 2.45) is 5.73 Å². The number of aromatic hydroxyl groups is 1. The number of aromatic nitrogens is 3. The van der Waals surface area contributed by atoms with Crippen molar-refractivity contribution in [3.05, 3.63) is 86.8 Å². The zero-order valence-corrected chi connectivity index (χ0v) is 20.8. The van der Waals surface area contributed by atoms with Crippen molar-refractivity contribution in [2.45, 2.75) is 13.5 Å². The van der Waals surface area contributed by atoms with Crippen molar-refractivity contribution in [1.29, 1.82) is 0 Å². The van der Waals surface area contributed by atoms with Crippen LogP contribution in [0.3, 0.4) is 0 Å². The number of nitrogens with two attached hydrogens (primary N) is 1. The number of phenols is 1. The van der Waals surface area contributed by atoms with Gasteiger partial charge in [-0.25, -0.2) is 14.5 Å². The third-order valence-electron chi connectivity index (χ3n) is 5.32. The zero-order chi connectivity index (χ0) is 26.7. The molecule has 10 nitrogen and oxygen atoms in total. The fourth-order valence-corrected chi connectivity index (χ4v) is 3.95. The smallest absolute Gasteiger partial charge is 0.325 e. The number of urea groups is 1. The summed E-state index contributed by atoms with van der Waals surface area (Å²) in [5.74, 6) is -0.893. The Bertz CT molecular complexity index is 1590. The number of nitrogens with zero attached hydrogens (tertiary/aromatic N) is 3. The van der Waals surface area contributed by atoms with Gasteiger partial charge in [0.15, 0.2) is 5.82 Å². The molecule has 4 rings (SSSR count). The molecule has 0 fully saturated rings. The molecule has 2 heterocycles. The van der Waals surface area contributed by atoms with E-state index in [0.717, 1.165) is 0 Å². The fourth-order valence-electron chi connectivity index (χ4n) is 3.53. The van der Waals surface area contributed by atoms with Crippen LogP contribution in [0, 0.1) is 0 Å². The molecular weight excluding hydrogens is 519 g/mol. The van der Waals surface area contributed by atoms with Gasteiger partial charge in [0.05, 0.1) is 21.3 Å². The van der Waals surface area contributed by atoms with Crippen molar-refractivity contribution >= 4 is 46.6 Å². The van der Waals surface area contributed by atoms with Gasteiger partial charge in [-0.15, -0.1) is 0 Å². The third-order valence-corrected chi connectivity index (χ3v) is 5.81. The van der Waals surface area contributed by atoms with E-state index in [1.807, 2.05) is 6.07 Å². The molecule has 5 N–H and O–H groups in total. The molecule has 0 aliphatic carbocycles. The highest BCUT2D eigenvalue weighted by atomic mass is 35.5. The minimum absolute atomic E-state index is 0.00617. The van der Waals surface area contributed by atoms with Crippen LogP contribution in [0.4, 0.5) is 16.3 Å². The number of rotatable bonds is 6. The van der Waals surface area contributed by atoms with Gasteiger partial charge >= 0.3 is 6.03 Å². The number of pyridine rings is 1. The number of aryl methyl sites for hydroxylation is 1. The van der Waals surface area contributed by atoms with E-state index in [2.05, 4.69) is 20.7 Å². The first-order valence-corrected chi connectivity index (χ1v) is 11.7. The van der Waals surface area contributed by atoms with Crippen LogP contribution in [0.15, 0.2) is 65.6 Å². The van der Waals surface area contributed by atoms with Crippen LogP contribution in [-0.2, 0) is 6.54 Å². The number of anilines is 2. The number of nitrogens with one attached hydrogen (secondary N) is 2. The first-order valence-electron chi connectivity index (χ1n) is 10.9. The lowest BCUT2D eigenvalue weighted by atomic mass is 9.99. The van der Waals surface area contributed by atoms with E-state index in [0.29, 0.717) is 27.4 Å². The summed E-state index contributed by atoms with van der Waals surface area (Å²) >= 11 is 11.9. The molecule has 0 saturated carbocycles. The maximum Gasteiger partial charge on any atom is 0.325 e. The van der Waals surface area contributed by atoms with Gasteiger partial charge in [-0.05, 0) is 48.4 Å². The van der Waals surface area contributed by atoms with Crippen LogP contribution in [0.5, 0.6) is 5.75 Å². The lowest BCUT2D eigenvalue weighted by Gasteiger charge is -2.12. The summed E-state index contributed by atoms with van der Waals surface area (Å²) in [6.45, 7) is 2.00. The molecule has 2 aromatic heterocycles. The minimum atomic E-state index is -0.753. The molecule has 0 bridgehead atoms. The number of primary amides is 1. The molecule has 0 aliphatic rings. The second kappa shape index (κ2) is 10.7. The monoisotopic (exact) mass is 538 g/mol. The van der Waals surface area contributed by atoms with Crippen molar-refractivity contribution in [3.63, 3.8) is 0 Å². The highest BCUT2D eigenvalue weighted by Gasteiger charge is 2.15. The summed E-state index contributed by atoms with van der Waals surface area (Å²) in [7, 11) is 0. The van der Waals surface area contributed by atoms with Crippen molar-refractivity contribution in [1.82, 2.24) is 14.8 Å². The molecule has 0 radical (unpaired) electrons. The standard InChI is InChI=1S/C25H20Cl2N6O4/c1-2-33-24(36)20(30-25(37)31-23-18(27)10-16(26)12-29-23)11-19(32-33)15-5-3-4-13(8-15)14-6-7-21(34)17(9-14)22(28)35/h3-12,34H,2H2,1H3,(H2,28,35)(H2,29,30,31,37). The summed E-state index contributed by atoms with van der Waals surface area (Å²) in [6.07, 6.45) is 1.32. The lowest BCUT2D eigenvalue weighted by Crippen LogP contribution is -2.30. The van der Waals surface area contributed by atoms with Gasteiger partial charge in [-0.2, -0.15) is 5.10 Å². The van der Waals surface area contributed by atoms with Crippen molar-refractivity contribution in [3.8, 4) is 28.1 Å². The number of hydrogen-bond acceptors (Lipinski definition) is 6. The molecule has 2 aromatic carbocycles. The van der Waals surface area contributed by atoms with E-state index in [1.54, 1.807) is 31.2 Å². The number of carbonyl (C=O) groups is 2. The molecule has 37 heavy (non-hydrogen) atoms. The minimum Gasteiger partial charge on any atom is -0.507 e. The van der Waals surface area contributed by atoms with Gasteiger partial charge in [0.25, 0.3) is 11.5 Å². The Balaban J connectivity index is 1.68. The molecular formula is C25H20Cl2N6O4.